The Hall–Kier alpha value is -2.04. The number of carbonyl (C=O) groups is 2. The number of nitrogens with one attached hydrogen (secondary N) is 1. The summed E-state index contributed by atoms with van der Waals surface area (Å²) in [7, 11) is 0. The molecule has 0 aliphatic carbocycles. The van der Waals surface area contributed by atoms with Crippen LogP contribution in [0.25, 0.3) is 0 Å². The zero-order valence-electron chi connectivity index (χ0n) is 12.3. The third kappa shape index (κ3) is 4.21. The zero-order chi connectivity index (χ0) is 15.2. The number of piperidine rings is 1. The SMILES string of the molecule is CCc1ccc(CNC(=O)N2CCC(C(=O)O)CC2)cc1. The molecule has 5 nitrogen and oxygen atoms in total. The lowest BCUT2D eigenvalue weighted by Gasteiger charge is -2.30. The molecule has 1 fully saturated rings. The highest BCUT2D eigenvalue weighted by Gasteiger charge is 2.26. The molecule has 1 aliphatic heterocycles. The van der Waals surface area contributed by atoms with Crippen LogP contribution in [0.1, 0.15) is 30.9 Å². The number of rotatable bonds is 4. The van der Waals surface area contributed by atoms with Gasteiger partial charge in [-0.3, -0.25) is 4.79 Å². The fourth-order valence-corrected chi connectivity index (χ4v) is 2.51. The van der Waals surface area contributed by atoms with Crippen molar-refractivity contribution < 1.29 is 14.7 Å². The van der Waals surface area contributed by atoms with Gasteiger partial charge in [-0.2, -0.15) is 0 Å². The molecule has 1 aromatic rings. The van der Waals surface area contributed by atoms with Crippen LogP contribution in [-0.2, 0) is 17.8 Å². The largest absolute Gasteiger partial charge is 0.481 e. The predicted octanol–water partition coefficient (Wildman–Crippen LogP) is 2.26. The molecule has 1 heterocycles. The molecule has 2 rings (SSSR count). The van der Waals surface area contributed by atoms with Crippen molar-refractivity contribution in [3.05, 3.63) is 35.4 Å². The van der Waals surface area contributed by atoms with E-state index >= 15 is 0 Å². The number of carbonyl (C=O) groups excluding carboxylic acids is 1. The number of benzene rings is 1. The van der Waals surface area contributed by atoms with Crippen molar-refractivity contribution in [2.75, 3.05) is 13.1 Å². The third-order valence-electron chi connectivity index (χ3n) is 4.01. The molecule has 1 aliphatic rings. The van der Waals surface area contributed by atoms with Gasteiger partial charge in [0.1, 0.15) is 0 Å². The summed E-state index contributed by atoms with van der Waals surface area (Å²) in [6.07, 6.45) is 2.08. The number of carboxylic acids is 1. The first-order valence-corrected chi connectivity index (χ1v) is 7.43. The van der Waals surface area contributed by atoms with Crippen LogP contribution in [0.5, 0.6) is 0 Å². The number of aryl methyl sites for hydroxylation is 1. The van der Waals surface area contributed by atoms with Gasteiger partial charge in [-0.1, -0.05) is 31.2 Å². The van der Waals surface area contributed by atoms with Crippen molar-refractivity contribution in [2.45, 2.75) is 32.7 Å². The van der Waals surface area contributed by atoms with Crippen molar-refractivity contribution in [1.82, 2.24) is 10.2 Å². The summed E-state index contributed by atoms with van der Waals surface area (Å²) < 4.78 is 0. The van der Waals surface area contributed by atoms with Crippen molar-refractivity contribution in [3.63, 3.8) is 0 Å². The standard InChI is InChI=1S/C16H22N2O3/c1-2-12-3-5-13(6-4-12)11-17-16(21)18-9-7-14(8-10-18)15(19)20/h3-6,14H,2,7-11H2,1H3,(H,17,21)(H,19,20). The number of hydrogen-bond acceptors (Lipinski definition) is 2. The molecule has 0 aromatic heterocycles. The Kier molecular flexibility index (Phi) is 5.20. The molecule has 0 atom stereocenters. The summed E-state index contributed by atoms with van der Waals surface area (Å²) >= 11 is 0. The maximum atomic E-state index is 12.0. The second-order valence-electron chi connectivity index (χ2n) is 5.43. The van der Waals surface area contributed by atoms with E-state index < -0.39 is 5.97 Å². The Balaban J connectivity index is 1.78. The van der Waals surface area contributed by atoms with Crippen LogP contribution in [0.3, 0.4) is 0 Å². The van der Waals surface area contributed by atoms with Gasteiger partial charge in [0.25, 0.3) is 0 Å². The first-order chi connectivity index (χ1) is 10.1. The fourth-order valence-electron chi connectivity index (χ4n) is 2.51. The van der Waals surface area contributed by atoms with E-state index in [-0.39, 0.29) is 11.9 Å². The summed E-state index contributed by atoms with van der Waals surface area (Å²) in [5, 5.41) is 11.8. The smallest absolute Gasteiger partial charge is 0.317 e. The Bertz CT molecular complexity index is 491. The number of nitrogens with zero attached hydrogens (tertiary/aromatic N) is 1. The van der Waals surface area contributed by atoms with Crippen LogP contribution in [-0.4, -0.2) is 35.1 Å². The Morgan fingerprint density at radius 1 is 1.19 bits per heavy atom. The fraction of sp³-hybridized carbons (Fsp3) is 0.500. The van der Waals surface area contributed by atoms with Crippen LogP contribution >= 0.6 is 0 Å². The predicted molar refractivity (Wildman–Crippen MR) is 80.0 cm³/mol. The van der Waals surface area contributed by atoms with Gasteiger partial charge in [0, 0.05) is 19.6 Å². The molecular weight excluding hydrogens is 268 g/mol. The Morgan fingerprint density at radius 3 is 2.29 bits per heavy atom. The van der Waals surface area contributed by atoms with Gasteiger partial charge in [0.05, 0.1) is 5.92 Å². The lowest BCUT2D eigenvalue weighted by molar-refractivity contribution is -0.143. The second kappa shape index (κ2) is 7.11. The highest BCUT2D eigenvalue weighted by atomic mass is 16.4. The molecule has 2 N–H and O–H groups in total. The highest BCUT2D eigenvalue weighted by Crippen LogP contribution is 2.17. The van der Waals surface area contributed by atoms with Crippen LogP contribution < -0.4 is 5.32 Å². The molecule has 1 aromatic carbocycles. The molecule has 0 saturated carbocycles. The number of hydrogen-bond donors (Lipinski definition) is 2. The zero-order valence-corrected chi connectivity index (χ0v) is 12.3. The van der Waals surface area contributed by atoms with Crippen molar-refractivity contribution in [3.8, 4) is 0 Å². The molecular formula is C16H22N2O3. The number of amides is 2. The summed E-state index contributed by atoms with van der Waals surface area (Å²) in [5.41, 5.74) is 2.35. The molecule has 21 heavy (non-hydrogen) atoms. The minimum atomic E-state index is -0.758. The first-order valence-electron chi connectivity index (χ1n) is 7.43. The molecule has 0 spiro atoms. The lowest BCUT2D eigenvalue weighted by Crippen LogP contribution is -2.45. The van der Waals surface area contributed by atoms with Gasteiger partial charge in [-0.15, -0.1) is 0 Å². The van der Waals surface area contributed by atoms with Gasteiger partial charge in [0.15, 0.2) is 0 Å². The molecule has 0 radical (unpaired) electrons. The minimum Gasteiger partial charge on any atom is -0.481 e. The maximum Gasteiger partial charge on any atom is 0.317 e. The average Bonchev–Trinajstić information content (AvgIpc) is 2.53. The molecule has 114 valence electrons. The number of carboxylic acid groups (broad SMARTS) is 1. The average molecular weight is 290 g/mol. The lowest BCUT2D eigenvalue weighted by atomic mass is 9.97. The summed E-state index contributed by atoms with van der Waals surface area (Å²) in [4.78, 5) is 24.6. The van der Waals surface area contributed by atoms with E-state index in [2.05, 4.69) is 24.4 Å². The van der Waals surface area contributed by atoms with Crippen LogP contribution in [0.4, 0.5) is 4.79 Å². The van der Waals surface area contributed by atoms with E-state index in [0.29, 0.717) is 32.5 Å². The molecule has 0 bridgehead atoms. The highest BCUT2D eigenvalue weighted by molar-refractivity contribution is 5.75. The van der Waals surface area contributed by atoms with Crippen molar-refractivity contribution >= 4 is 12.0 Å². The van der Waals surface area contributed by atoms with Gasteiger partial charge in [-0.25, -0.2) is 4.79 Å². The van der Waals surface area contributed by atoms with E-state index in [9.17, 15) is 9.59 Å². The van der Waals surface area contributed by atoms with Gasteiger partial charge < -0.3 is 15.3 Å². The maximum absolute atomic E-state index is 12.0. The minimum absolute atomic E-state index is 0.113. The van der Waals surface area contributed by atoms with Crippen molar-refractivity contribution in [1.29, 1.82) is 0 Å². The van der Waals surface area contributed by atoms with E-state index in [1.54, 1.807) is 4.90 Å². The third-order valence-corrected chi connectivity index (χ3v) is 4.01. The number of aliphatic carboxylic acids is 1. The van der Waals surface area contributed by atoms with E-state index in [1.807, 2.05) is 12.1 Å². The van der Waals surface area contributed by atoms with E-state index in [0.717, 1.165) is 12.0 Å². The normalized spacial score (nSPS) is 15.8. The van der Waals surface area contributed by atoms with Crippen LogP contribution in [0.2, 0.25) is 0 Å². The van der Waals surface area contributed by atoms with Gasteiger partial charge in [0.2, 0.25) is 0 Å². The van der Waals surface area contributed by atoms with E-state index in [4.69, 9.17) is 5.11 Å². The van der Waals surface area contributed by atoms with Crippen LogP contribution in [0, 0.1) is 5.92 Å². The Labute approximate surface area is 125 Å². The Morgan fingerprint density at radius 2 is 1.76 bits per heavy atom. The molecule has 1 saturated heterocycles. The van der Waals surface area contributed by atoms with Crippen LogP contribution in [0.15, 0.2) is 24.3 Å². The summed E-state index contributed by atoms with van der Waals surface area (Å²) in [6, 6.07) is 8.07. The number of likely N-dealkylation sites (tertiary alicyclic amines) is 1. The van der Waals surface area contributed by atoms with Crippen molar-refractivity contribution in [2.24, 2.45) is 5.92 Å². The molecule has 0 unspecified atom stereocenters. The molecule has 5 heteroatoms. The monoisotopic (exact) mass is 290 g/mol. The second-order valence-corrected chi connectivity index (χ2v) is 5.43. The first kappa shape index (κ1) is 15.4. The summed E-state index contributed by atoms with van der Waals surface area (Å²) in [5.74, 6) is -1.07. The topological polar surface area (TPSA) is 69.6 Å². The summed E-state index contributed by atoms with van der Waals surface area (Å²) in [6.45, 7) is 3.63. The molecule has 2 amide bonds. The quantitative estimate of drug-likeness (QED) is 0.893. The van der Waals surface area contributed by atoms with E-state index in [1.165, 1.54) is 5.56 Å². The number of urea groups is 1. The van der Waals surface area contributed by atoms with Gasteiger partial charge in [-0.05, 0) is 30.4 Å². The van der Waals surface area contributed by atoms with Gasteiger partial charge >= 0.3 is 12.0 Å².